The fraction of sp³-hybridized carbons (Fsp3) is 0.700. The Bertz CT molecular complexity index is 281. The summed E-state index contributed by atoms with van der Waals surface area (Å²) >= 11 is 1.79. The highest BCUT2D eigenvalue weighted by Gasteiger charge is 2.20. The molecule has 1 aliphatic heterocycles. The number of thiazole rings is 1. The zero-order valence-electron chi connectivity index (χ0n) is 8.45. The molecule has 1 atom stereocenters. The van der Waals surface area contributed by atoms with E-state index in [1.807, 2.05) is 13.2 Å². The molecule has 1 unspecified atom stereocenters. The first-order chi connectivity index (χ1) is 6.90. The maximum atomic E-state index is 5.59. The number of aromatic nitrogens is 1. The first kappa shape index (κ1) is 10.1. The minimum atomic E-state index is 0.281. The van der Waals surface area contributed by atoms with Crippen molar-refractivity contribution in [1.29, 1.82) is 0 Å². The van der Waals surface area contributed by atoms with Gasteiger partial charge in [-0.25, -0.2) is 4.98 Å². The molecule has 1 aliphatic rings. The van der Waals surface area contributed by atoms with Gasteiger partial charge in [-0.2, -0.15) is 0 Å². The molecule has 0 radical (unpaired) electrons. The van der Waals surface area contributed by atoms with Gasteiger partial charge in [-0.1, -0.05) is 0 Å². The van der Waals surface area contributed by atoms with Crippen LogP contribution in [0, 0.1) is 0 Å². The van der Waals surface area contributed by atoms with Gasteiger partial charge in [-0.05, 0) is 32.9 Å². The van der Waals surface area contributed by atoms with Gasteiger partial charge in [0, 0.05) is 17.7 Å². The van der Waals surface area contributed by atoms with Crippen LogP contribution in [0.4, 0.5) is 0 Å². The fourth-order valence-corrected chi connectivity index (χ4v) is 2.61. The molecule has 14 heavy (non-hydrogen) atoms. The van der Waals surface area contributed by atoms with Crippen LogP contribution >= 0.6 is 11.3 Å². The number of likely N-dealkylation sites (N-methyl/N-ethyl adjacent to an activating group) is 1. The molecule has 0 spiro atoms. The van der Waals surface area contributed by atoms with E-state index in [2.05, 4.69) is 10.3 Å². The van der Waals surface area contributed by atoms with Crippen molar-refractivity contribution in [3.8, 4) is 0 Å². The Labute approximate surface area is 88.5 Å². The molecule has 0 aliphatic carbocycles. The van der Waals surface area contributed by atoms with E-state index in [4.69, 9.17) is 4.74 Å². The molecule has 78 valence electrons. The zero-order valence-corrected chi connectivity index (χ0v) is 9.27. The lowest BCUT2D eigenvalue weighted by atomic mass is 10.2. The summed E-state index contributed by atoms with van der Waals surface area (Å²) in [7, 11) is 1.97. The average Bonchev–Trinajstić information content (AvgIpc) is 2.85. The Morgan fingerprint density at radius 2 is 2.64 bits per heavy atom. The minimum Gasteiger partial charge on any atom is -0.371 e. The third-order valence-electron chi connectivity index (χ3n) is 2.40. The summed E-state index contributed by atoms with van der Waals surface area (Å²) in [6.07, 6.45) is 5.65. The minimum absolute atomic E-state index is 0.281. The maximum Gasteiger partial charge on any atom is 0.122 e. The molecule has 1 fully saturated rings. The molecule has 2 heterocycles. The number of hydrogen-bond donors (Lipinski definition) is 1. The summed E-state index contributed by atoms with van der Waals surface area (Å²) < 4.78 is 5.59. The second-order valence-corrected chi connectivity index (χ2v) is 4.67. The topological polar surface area (TPSA) is 34.2 Å². The largest absolute Gasteiger partial charge is 0.371 e. The van der Waals surface area contributed by atoms with Gasteiger partial charge in [0.25, 0.3) is 0 Å². The highest BCUT2D eigenvalue weighted by molar-refractivity contribution is 7.11. The molecule has 2 rings (SSSR count). The predicted octanol–water partition coefficient (Wildman–Crippen LogP) is 1.76. The van der Waals surface area contributed by atoms with Crippen molar-refractivity contribution in [3.63, 3.8) is 0 Å². The lowest BCUT2D eigenvalue weighted by molar-refractivity contribution is 0.111. The second kappa shape index (κ2) is 4.87. The van der Waals surface area contributed by atoms with E-state index in [9.17, 15) is 0 Å². The van der Waals surface area contributed by atoms with Crippen LogP contribution in [0.5, 0.6) is 0 Å². The SMILES string of the molecule is CNCCc1cnc(C2CCCO2)s1. The lowest BCUT2D eigenvalue weighted by Crippen LogP contribution is -2.09. The number of rotatable bonds is 4. The highest BCUT2D eigenvalue weighted by Crippen LogP contribution is 2.31. The molecule has 0 amide bonds. The Morgan fingerprint density at radius 1 is 1.71 bits per heavy atom. The van der Waals surface area contributed by atoms with Crippen LogP contribution < -0.4 is 5.32 Å². The Kier molecular flexibility index (Phi) is 3.50. The van der Waals surface area contributed by atoms with E-state index < -0.39 is 0 Å². The van der Waals surface area contributed by atoms with Crippen molar-refractivity contribution in [2.24, 2.45) is 0 Å². The Morgan fingerprint density at radius 3 is 3.36 bits per heavy atom. The Hall–Kier alpha value is -0.450. The second-order valence-electron chi connectivity index (χ2n) is 3.52. The number of nitrogens with one attached hydrogen (secondary N) is 1. The quantitative estimate of drug-likeness (QED) is 0.825. The van der Waals surface area contributed by atoms with Crippen LogP contribution in [0.3, 0.4) is 0 Å². The molecule has 0 aromatic carbocycles. The number of nitrogens with zero attached hydrogens (tertiary/aromatic N) is 1. The van der Waals surface area contributed by atoms with Crippen LogP contribution in [0.15, 0.2) is 6.20 Å². The van der Waals surface area contributed by atoms with Gasteiger partial charge in [-0.15, -0.1) is 11.3 Å². The zero-order chi connectivity index (χ0) is 9.80. The normalized spacial score (nSPS) is 21.6. The first-order valence-corrected chi connectivity index (χ1v) is 5.92. The van der Waals surface area contributed by atoms with E-state index in [0.29, 0.717) is 0 Å². The molecule has 0 bridgehead atoms. The van der Waals surface area contributed by atoms with Crippen LogP contribution in [0.25, 0.3) is 0 Å². The molecule has 0 saturated carbocycles. The summed E-state index contributed by atoms with van der Waals surface area (Å²) in [6, 6.07) is 0. The summed E-state index contributed by atoms with van der Waals surface area (Å²) in [6.45, 7) is 1.92. The van der Waals surface area contributed by atoms with Gasteiger partial charge in [0.15, 0.2) is 0 Å². The highest BCUT2D eigenvalue weighted by atomic mass is 32.1. The van der Waals surface area contributed by atoms with E-state index >= 15 is 0 Å². The molecule has 1 saturated heterocycles. The third kappa shape index (κ3) is 2.32. The summed E-state index contributed by atoms with van der Waals surface area (Å²) in [5, 5.41) is 4.30. The maximum absolute atomic E-state index is 5.59. The predicted molar refractivity (Wildman–Crippen MR) is 57.7 cm³/mol. The van der Waals surface area contributed by atoms with Crippen LogP contribution in [-0.2, 0) is 11.2 Å². The van der Waals surface area contributed by atoms with Gasteiger partial charge in [0.1, 0.15) is 11.1 Å². The standard InChI is InChI=1S/C10H16N2OS/c1-11-5-4-8-7-12-10(14-8)9-3-2-6-13-9/h7,9,11H,2-6H2,1H3. The third-order valence-corrected chi connectivity index (χ3v) is 3.55. The van der Waals surface area contributed by atoms with Crippen molar-refractivity contribution >= 4 is 11.3 Å². The van der Waals surface area contributed by atoms with Crippen LogP contribution in [0.2, 0.25) is 0 Å². The number of hydrogen-bond acceptors (Lipinski definition) is 4. The summed E-state index contributed by atoms with van der Waals surface area (Å²) in [5.74, 6) is 0. The van der Waals surface area contributed by atoms with E-state index in [1.165, 1.54) is 11.3 Å². The smallest absolute Gasteiger partial charge is 0.122 e. The van der Waals surface area contributed by atoms with Crippen molar-refractivity contribution in [3.05, 3.63) is 16.1 Å². The summed E-state index contributed by atoms with van der Waals surface area (Å²) in [4.78, 5) is 5.77. The van der Waals surface area contributed by atoms with Gasteiger partial charge >= 0.3 is 0 Å². The molecule has 4 heteroatoms. The lowest BCUT2D eigenvalue weighted by Gasteiger charge is -2.03. The van der Waals surface area contributed by atoms with Crippen LogP contribution in [-0.4, -0.2) is 25.2 Å². The molecular weight excluding hydrogens is 196 g/mol. The van der Waals surface area contributed by atoms with Crippen molar-refractivity contribution < 1.29 is 4.74 Å². The molecule has 1 N–H and O–H groups in total. The van der Waals surface area contributed by atoms with E-state index in [1.54, 1.807) is 11.3 Å². The van der Waals surface area contributed by atoms with Crippen molar-refractivity contribution in [2.45, 2.75) is 25.4 Å². The molecule has 3 nitrogen and oxygen atoms in total. The van der Waals surface area contributed by atoms with Crippen molar-refractivity contribution in [2.75, 3.05) is 20.2 Å². The average molecular weight is 212 g/mol. The fourth-order valence-electron chi connectivity index (χ4n) is 1.61. The molecular formula is C10H16N2OS. The number of ether oxygens (including phenoxy) is 1. The molecule has 1 aromatic heterocycles. The van der Waals surface area contributed by atoms with Gasteiger partial charge in [-0.3, -0.25) is 0 Å². The van der Waals surface area contributed by atoms with Crippen molar-refractivity contribution in [1.82, 2.24) is 10.3 Å². The van der Waals surface area contributed by atoms with Gasteiger partial charge < -0.3 is 10.1 Å². The monoisotopic (exact) mass is 212 g/mol. The van der Waals surface area contributed by atoms with Gasteiger partial charge in [0.05, 0.1) is 0 Å². The summed E-state index contributed by atoms with van der Waals surface area (Å²) in [5.41, 5.74) is 0. The first-order valence-electron chi connectivity index (χ1n) is 5.11. The van der Waals surface area contributed by atoms with E-state index in [-0.39, 0.29) is 6.10 Å². The van der Waals surface area contributed by atoms with E-state index in [0.717, 1.165) is 31.0 Å². The molecule has 1 aromatic rings. The van der Waals surface area contributed by atoms with Crippen LogP contribution in [0.1, 0.15) is 28.8 Å². The Balaban J connectivity index is 1.94. The van der Waals surface area contributed by atoms with Gasteiger partial charge in [0.2, 0.25) is 0 Å².